The molecule has 1 aromatic rings. The molecule has 2 atom stereocenters. The lowest BCUT2D eigenvalue weighted by Crippen LogP contribution is -2.36. The number of alkyl halides is 3. The molecule has 0 spiro atoms. The predicted octanol–water partition coefficient (Wildman–Crippen LogP) is 2.77. The highest BCUT2D eigenvalue weighted by Crippen LogP contribution is 2.42. The van der Waals surface area contributed by atoms with Gasteiger partial charge in [-0.2, -0.15) is 13.2 Å². The molecule has 3 aliphatic rings. The van der Waals surface area contributed by atoms with E-state index in [-0.39, 0.29) is 5.41 Å². The first-order valence-electron chi connectivity index (χ1n) is 9.78. The van der Waals surface area contributed by atoms with Gasteiger partial charge in [0.05, 0.1) is 19.8 Å². The summed E-state index contributed by atoms with van der Waals surface area (Å²) in [4.78, 5) is 20.0. The molecule has 4 rings (SSSR count). The smallest absolute Gasteiger partial charge is 0.475 e. The van der Waals surface area contributed by atoms with Crippen LogP contribution >= 0.6 is 0 Å². The Labute approximate surface area is 167 Å². The number of hydrogen-bond acceptors (Lipinski definition) is 6. The zero-order valence-corrected chi connectivity index (χ0v) is 16.1. The standard InChI is InChI=1S/C17H25N3O2.C2HF3O2/c1-2-5-14(4-1)9-21-12-17-11-20(8-15(17)10-22-13-17)16-18-6-3-7-19-16;3-2(4,5)1(6)7/h3,6-7,14-15H,1-2,4-5,8-13H2;(H,6,7)/t15-,17-;/m1./s1. The number of carboxylic acid groups (broad SMARTS) is 1. The summed E-state index contributed by atoms with van der Waals surface area (Å²) in [5, 5.41) is 7.12. The summed E-state index contributed by atoms with van der Waals surface area (Å²) in [6, 6.07) is 1.87. The number of hydrogen-bond donors (Lipinski definition) is 1. The number of anilines is 1. The third-order valence-corrected chi connectivity index (χ3v) is 5.82. The van der Waals surface area contributed by atoms with Gasteiger partial charge in [0.2, 0.25) is 5.95 Å². The molecule has 29 heavy (non-hydrogen) atoms. The van der Waals surface area contributed by atoms with E-state index in [0.29, 0.717) is 5.92 Å². The number of aromatic nitrogens is 2. The van der Waals surface area contributed by atoms with Crippen LogP contribution in [0.25, 0.3) is 0 Å². The summed E-state index contributed by atoms with van der Waals surface area (Å²) in [5.41, 5.74) is 0.137. The topological polar surface area (TPSA) is 84.8 Å². The Kier molecular flexibility index (Phi) is 6.94. The first-order chi connectivity index (χ1) is 13.8. The highest BCUT2D eigenvalue weighted by Gasteiger charge is 2.51. The number of carboxylic acids is 1. The molecule has 1 aliphatic carbocycles. The Morgan fingerprint density at radius 2 is 1.97 bits per heavy atom. The molecule has 0 aromatic carbocycles. The maximum Gasteiger partial charge on any atom is 0.490 e. The van der Waals surface area contributed by atoms with Gasteiger partial charge in [0.1, 0.15) is 0 Å². The zero-order chi connectivity index (χ0) is 20.9. The van der Waals surface area contributed by atoms with E-state index in [0.717, 1.165) is 51.4 Å². The molecule has 3 heterocycles. The van der Waals surface area contributed by atoms with Crippen molar-refractivity contribution < 1.29 is 32.5 Å². The fraction of sp³-hybridized carbons (Fsp3) is 0.737. The fourth-order valence-corrected chi connectivity index (χ4v) is 4.25. The zero-order valence-electron chi connectivity index (χ0n) is 16.1. The summed E-state index contributed by atoms with van der Waals surface area (Å²) >= 11 is 0. The van der Waals surface area contributed by atoms with E-state index in [9.17, 15) is 13.2 Å². The van der Waals surface area contributed by atoms with Crippen LogP contribution in [0.15, 0.2) is 18.5 Å². The van der Waals surface area contributed by atoms with E-state index < -0.39 is 12.1 Å². The van der Waals surface area contributed by atoms with Crippen LogP contribution in [-0.2, 0) is 14.3 Å². The second-order valence-corrected chi connectivity index (χ2v) is 7.97. The number of nitrogens with zero attached hydrogens (tertiary/aromatic N) is 3. The Balaban J connectivity index is 0.000000298. The summed E-state index contributed by atoms with van der Waals surface area (Å²) < 4.78 is 43.7. The lowest BCUT2D eigenvalue weighted by molar-refractivity contribution is -0.192. The second-order valence-electron chi connectivity index (χ2n) is 7.97. The lowest BCUT2D eigenvalue weighted by Gasteiger charge is -2.27. The molecule has 1 N–H and O–H groups in total. The van der Waals surface area contributed by atoms with Crippen LogP contribution in [0.3, 0.4) is 0 Å². The van der Waals surface area contributed by atoms with Crippen LogP contribution in [0.2, 0.25) is 0 Å². The molecule has 2 saturated heterocycles. The van der Waals surface area contributed by atoms with Crippen molar-refractivity contribution in [1.82, 2.24) is 9.97 Å². The maximum atomic E-state index is 10.6. The van der Waals surface area contributed by atoms with Gasteiger partial charge >= 0.3 is 12.1 Å². The maximum absolute atomic E-state index is 10.6. The van der Waals surface area contributed by atoms with E-state index in [4.69, 9.17) is 19.4 Å². The van der Waals surface area contributed by atoms with E-state index >= 15 is 0 Å². The minimum atomic E-state index is -5.08. The Morgan fingerprint density at radius 1 is 1.31 bits per heavy atom. The monoisotopic (exact) mass is 417 g/mol. The van der Waals surface area contributed by atoms with Crippen LogP contribution in [0.5, 0.6) is 0 Å². The molecule has 2 aliphatic heterocycles. The lowest BCUT2D eigenvalue weighted by atomic mass is 9.82. The van der Waals surface area contributed by atoms with Crippen LogP contribution in [0.4, 0.5) is 19.1 Å². The van der Waals surface area contributed by atoms with Gasteiger partial charge in [-0.3, -0.25) is 0 Å². The molecule has 1 saturated carbocycles. The predicted molar refractivity (Wildman–Crippen MR) is 97.5 cm³/mol. The molecule has 162 valence electrons. The average molecular weight is 417 g/mol. The molecular weight excluding hydrogens is 391 g/mol. The highest BCUT2D eigenvalue weighted by atomic mass is 19.4. The van der Waals surface area contributed by atoms with E-state index in [1.807, 2.05) is 18.5 Å². The van der Waals surface area contributed by atoms with E-state index in [2.05, 4.69) is 14.9 Å². The third kappa shape index (κ3) is 5.57. The summed E-state index contributed by atoms with van der Waals surface area (Å²) in [7, 11) is 0. The average Bonchev–Trinajstić information content (AvgIpc) is 3.38. The van der Waals surface area contributed by atoms with Crippen LogP contribution in [0, 0.1) is 17.3 Å². The Morgan fingerprint density at radius 3 is 2.59 bits per heavy atom. The molecule has 0 bridgehead atoms. The number of fused-ring (bicyclic) bond motifs is 1. The first-order valence-corrected chi connectivity index (χ1v) is 9.78. The van der Waals surface area contributed by atoms with Gasteiger partial charge in [-0.1, -0.05) is 12.8 Å². The minimum Gasteiger partial charge on any atom is -0.475 e. The van der Waals surface area contributed by atoms with Gasteiger partial charge in [-0.05, 0) is 24.8 Å². The van der Waals surface area contributed by atoms with Gasteiger partial charge in [-0.25, -0.2) is 14.8 Å². The minimum absolute atomic E-state index is 0.137. The molecule has 1 aromatic heterocycles. The molecule has 0 radical (unpaired) electrons. The number of rotatable bonds is 5. The molecule has 0 unspecified atom stereocenters. The van der Waals surface area contributed by atoms with Crippen molar-refractivity contribution in [2.75, 3.05) is 44.4 Å². The summed E-state index contributed by atoms with van der Waals surface area (Å²) in [5.74, 6) is -0.591. The molecule has 0 amide bonds. The Bertz CT molecular complexity index is 670. The van der Waals surface area contributed by atoms with Crippen molar-refractivity contribution in [3.8, 4) is 0 Å². The van der Waals surface area contributed by atoms with Crippen molar-refractivity contribution >= 4 is 11.9 Å². The SMILES string of the molecule is O=C(O)C(F)(F)F.c1cnc(N2C[C@@H]3COC[C@]3(COCC3CCCC3)C2)nc1. The van der Waals surface area contributed by atoms with Crippen LogP contribution < -0.4 is 4.90 Å². The van der Waals surface area contributed by atoms with Gasteiger partial charge in [-0.15, -0.1) is 0 Å². The fourth-order valence-electron chi connectivity index (χ4n) is 4.25. The Hall–Kier alpha value is -1.94. The van der Waals surface area contributed by atoms with Crippen molar-refractivity contribution in [2.24, 2.45) is 17.3 Å². The number of aliphatic carboxylic acids is 1. The van der Waals surface area contributed by atoms with Gasteiger partial charge in [0.15, 0.2) is 0 Å². The number of halogens is 3. The highest BCUT2D eigenvalue weighted by molar-refractivity contribution is 5.73. The van der Waals surface area contributed by atoms with Gasteiger partial charge in [0.25, 0.3) is 0 Å². The first kappa shape index (κ1) is 21.8. The number of carbonyl (C=O) groups is 1. The quantitative estimate of drug-likeness (QED) is 0.789. The van der Waals surface area contributed by atoms with Gasteiger partial charge < -0.3 is 19.5 Å². The van der Waals surface area contributed by atoms with E-state index in [1.54, 1.807) is 0 Å². The summed E-state index contributed by atoms with van der Waals surface area (Å²) in [6.07, 6.45) is 3.99. The van der Waals surface area contributed by atoms with Crippen molar-refractivity contribution in [1.29, 1.82) is 0 Å². The van der Waals surface area contributed by atoms with Crippen molar-refractivity contribution in [2.45, 2.75) is 31.9 Å². The second kappa shape index (κ2) is 9.25. The van der Waals surface area contributed by atoms with Crippen LogP contribution in [0.1, 0.15) is 25.7 Å². The van der Waals surface area contributed by atoms with Crippen molar-refractivity contribution in [3.63, 3.8) is 0 Å². The number of ether oxygens (including phenoxy) is 2. The molecule has 3 fully saturated rings. The van der Waals surface area contributed by atoms with Crippen molar-refractivity contribution in [3.05, 3.63) is 18.5 Å². The summed E-state index contributed by atoms with van der Waals surface area (Å²) in [6.45, 7) is 5.33. The molecule has 10 heteroatoms. The van der Waals surface area contributed by atoms with Crippen LogP contribution in [-0.4, -0.2) is 66.7 Å². The third-order valence-electron chi connectivity index (χ3n) is 5.82. The normalized spacial score (nSPS) is 26.9. The molecule has 7 nitrogen and oxygen atoms in total. The molecular formula is C19H26F3N3O4. The largest absolute Gasteiger partial charge is 0.490 e. The van der Waals surface area contributed by atoms with Gasteiger partial charge in [0, 0.05) is 43.4 Å². The van der Waals surface area contributed by atoms with E-state index in [1.165, 1.54) is 25.7 Å².